The number of H-pyrrole nitrogens is 1. The van der Waals surface area contributed by atoms with Crippen molar-refractivity contribution in [1.29, 1.82) is 0 Å². The molecule has 0 saturated heterocycles. The second-order valence-electron chi connectivity index (χ2n) is 9.06. The Morgan fingerprint density at radius 2 is 1.91 bits per heavy atom. The van der Waals surface area contributed by atoms with E-state index in [1.807, 2.05) is 30.3 Å². The van der Waals surface area contributed by atoms with Crippen molar-refractivity contribution in [2.75, 3.05) is 6.61 Å². The van der Waals surface area contributed by atoms with Gasteiger partial charge >= 0.3 is 5.63 Å². The molecule has 0 atom stereocenters. The highest BCUT2D eigenvalue weighted by atomic mass is 16.5. The fraction of sp³-hybridized carbons (Fsp3) is 0.480. The number of nitrogens with zero attached hydrogens (tertiary/aromatic N) is 1. The molecular weight excluding hydrogens is 408 g/mol. The lowest BCUT2D eigenvalue weighted by Gasteiger charge is -2.34. The maximum absolute atomic E-state index is 12.7. The minimum atomic E-state index is -0.484. The van der Waals surface area contributed by atoms with Gasteiger partial charge in [-0.25, -0.2) is 4.79 Å². The summed E-state index contributed by atoms with van der Waals surface area (Å²) in [6.45, 7) is 1.28. The molecule has 2 saturated carbocycles. The summed E-state index contributed by atoms with van der Waals surface area (Å²) in [6.07, 6.45) is 6.99. The van der Waals surface area contributed by atoms with Gasteiger partial charge in [0.25, 0.3) is 11.6 Å². The van der Waals surface area contributed by atoms with Crippen LogP contribution in [0.5, 0.6) is 6.01 Å². The third kappa shape index (κ3) is 5.10. The molecule has 0 bridgehead atoms. The van der Waals surface area contributed by atoms with Crippen LogP contribution in [0.15, 0.2) is 50.4 Å². The van der Waals surface area contributed by atoms with Gasteiger partial charge in [-0.15, -0.1) is 0 Å². The maximum Gasteiger partial charge on any atom is 0.337 e. The van der Waals surface area contributed by atoms with Crippen molar-refractivity contribution in [2.24, 2.45) is 11.8 Å². The largest absolute Gasteiger partial charge is 0.461 e. The Hall–Kier alpha value is -2.93. The summed E-state index contributed by atoms with van der Waals surface area (Å²) in [4.78, 5) is 31.7. The fourth-order valence-electron chi connectivity index (χ4n) is 4.35. The summed E-state index contributed by atoms with van der Waals surface area (Å²) in [6, 6.07) is 11.6. The van der Waals surface area contributed by atoms with Crippen LogP contribution in [-0.4, -0.2) is 22.7 Å². The first kappa shape index (κ1) is 20.9. The van der Waals surface area contributed by atoms with Crippen LogP contribution in [0.4, 0.5) is 0 Å². The minimum absolute atomic E-state index is 0.0330. The number of fused-ring (bicyclic) bond motifs is 1. The molecule has 7 heteroatoms. The van der Waals surface area contributed by atoms with E-state index < -0.39 is 5.63 Å². The molecule has 5 rings (SSSR count). The molecule has 7 nitrogen and oxygen atoms in total. The molecule has 2 aromatic heterocycles. The van der Waals surface area contributed by atoms with Crippen molar-refractivity contribution in [3.05, 3.63) is 68.3 Å². The number of ether oxygens (including phenoxy) is 2. The Bertz CT molecular complexity index is 1180. The molecule has 2 heterocycles. The molecule has 0 radical (unpaired) electrons. The van der Waals surface area contributed by atoms with E-state index in [0.29, 0.717) is 36.5 Å². The molecule has 2 fully saturated rings. The third-order valence-electron chi connectivity index (χ3n) is 6.37. The van der Waals surface area contributed by atoms with E-state index in [2.05, 4.69) is 9.97 Å². The molecule has 2 aliphatic carbocycles. The molecule has 0 unspecified atom stereocenters. The van der Waals surface area contributed by atoms with E-state index >= 15 is 0 Å². The first-order chi connectivity index (χ1) is 15.6. The lowest BCUT2D eigenvalue weighted by atomic mass is 9.83. The number of aryl methyl sites for hydroxylation is 1. The van der Waals surface area contributed by atoms with Gasteiger partial charge in [0.1, 0.15) is 11.5 Å². The van der Waals surface area contributed by atoms with Gasteiger partial charge in [0.15, 0.2) is 0 Å². The zero-order valence-corrected chi connectivity index (χ0v) is 18.0. The standard InChI is InChI=1S/C25H28N2O5/c28-21-13-19(8-4-7-16-9-10-16)22-23(29)26-25(27-24(22)32-21)31-20-11-18(12-20)15-30-14-17-5-2-1-3-6-17/h1-3,5-6,13,16,18,20H,4,7-12,14-15H2,(H,26,27,29). The predicted molar refractivity (Wildman–Crippen MR) is 120 cm³/mol. The van der Waals surface area contributed by atoms with Crippen molar-refractivity contribution in [3.8, 4) is 6.01 Å². The molecule has 1 N–H and O–H groups in total. The van der Waals surface area contributed by atoms with Crippen molar-refractivity contribution < 1.29 is 13.9 Å². The van der Waals surface area contributed by atoms with E-state index in [-0.39, 0.29) is 23.4 Å². The zero-order valence-electron chi connectivity index (χ0n) is 18.0. The average Bonchev–Trinajstić information content (AvgIpc) is 3.56. The topological polar surface area (TPSA) is 94.4 Å². The van der Waals surface area contributed by atoms with Gasteiger partial charge in [-0.1, -0.05) is 49.6 Å². The first-order valence-electron chi connectivity index (χ1n) is 11.5. The molecule has 0 amide bonds. The van der Waals surface area contributed by atoms with Crippen LogP contribution in [0.1, 0.15) is 49.7 Å². The summed E-state index contributed by atoms with van der Waals surface area (Å²) in [7, 11) is 0. The first-order valence-corrected chi connectivity index (χ1v) is 11.5. The Kier molecular flexibility index (Phi) is 6.08. The van der Waals surface area contributed by atoms with Crippen LogP contribution in [0.25, 0.3) is 11.1 Å². The normalized spacial score (nSPS) is 20.2. The van der Waals surface area contributed by atoms with Crippen molar-refractivity contribution in [1.82, 2.24) is 9.97 Å². The predicted octanol–water partition coefficient (Wildman–Crippen LogP) is 3.98. The molecule has 0 spiro atoms. The van der Waals surface area contributed by atoms with E-state index in [4.69, 9.17) is 13.9 Å². The molecule has 168 valence electrons. The van der Waals surface area contributed by atoms with Gasteiger partial charge in [-0.05, 0) is 48.6 Å². The number of hydrogen-bond donors (Lipinski definition) is 1. The van der Waals surface area contributed by atoms with E-state index in [0.717, 1.165) is 37.2 Å². The number of rotatable bonds is 10. The average molecular weight is 437 g/mol. The van der Waals surface area contributed by atoms with E-state index in [1.54, 1.807) is 0 Å². The summed E-state index contributed by atoms with van der Waals surface area (Å²) in [5.41, 5.74) is 1.11. The number of hydrogen-bond acceptors (Lipinski definition) is 6. The minimum Gasteiger partial charge on any atom is -0.461 e. The summed E-state index contributed by atoms with van der Waals surface area (Å²) in [5, 5.41) is 0.355. The number of aromatic amines is 1. The Labute approximate surface area is 185 Å². The molecule has 0 aliphatic heterocycles. The number of nitrogens with one attached hydrogen (secondary N) is 1. The highest BCUT2D eigenvalue weighted by Gasteiger charge is 2.32. The van der Waals surface area contributed by atoms with Crippen LogP contribution >= 0.6 is 0 Å². The van der Waals surface area contributed by atoms with E-state index in [9.17, 15) is 9.59 Å². The third-order valence-corrected chi connectivity index (χ3v) is 6.37. The van der Waals surface area contributed by atoms with Gasteiger partial charge in [-0.3, -0.25) is 9.78 Å². The zero-order chi connectivity index (χ0) is 21.9. The fourth-order valence-corrected chi connectivity index (χ4v) is 4.35. The lowest BCUT2D eigenvalue weighted by molar-refractivity contribution is -0.00616. The van der Waals surface area contributed by atoms with Crippen LogP contribution in [0, 0.1) is 11.8 Å². The lowest BCUT2D eigenvalue weighted by Crippen LogP contribution is -2.37. The Morgan fingerprint density at radius 3 is 2.69 bits per heavy atom. The van der Waals surface area contributed by atoms with Gasteiger partial charge in [0.2, 0.25) is 5.71 Å². The second kappa shape index (κ2) is 9.28. The highest BCUT2D eigenvalue weighted by molar-refractivity contribution is 5.75. The molecular formula is C25H28N2O5. The molecule has 3 aromatic rings. The van der Waals surface area contributed by atoms with Crippen molar-refractivity contribution in [2.45, 2.75) is 57.7 Å². The summed E-state index contributed by atoms with van der Waals surface area (Å²) in [5.74, 6) is 1.24. The maximum atomic E-state index is 12.7. The Morgan fingerprint density at radius 1 is 1.09 bits per heavy atom. The highest BCUT2D eigenvalue weighted by Crippen LogP contribution is 2.34. The van der Waals surface area contributed by atoms with E-state index in [1.165, 1.54) is 18.9 Å². The van der Waals surface area contributed by atoms with Crippen LogP contribution < -0.4 is 15.9 Å². The van der Waals surface area contributed by atoms with Crippen LogP contribution in [0.3, 0.4) is 0 Å². The van der Waals surface area contributed by atoms with Crippen molar-refractivity contribution >= 4 is 11.1 Å². The molecule has 1 aromatic carbocycles. The second-order valence-corrected chi connectivity index (χ2v) is 9.06. The van der Waals surface area contributed by atoms with Gasteiger partial charge in [-0.2, -0.15) is 4.98 Å². The van der Waals surface area contributed by atoms with Crippen LogP contribution in [-0.2, 0) is 17.8 Å². The smallest absolute Gasteiger partial charge is 0.337 e. The number of aromatic nitrogens is 2. The quantitative estimate of drug-likeness (QED) is 0.517. The van der Waals surface area contributed by atoms with Gasteiger partial charge in [0.05, 0.1) is 13.2 Å². The monoisotopic (exact) mass is 436 g/mol. The van der Waals surface area contributed by atoms with Gasteiger partial charge in [0, 0.05) is 6.07 Å². The van der Waals surface area contributed by atoms with Crippen molar-refractivity contribution in [3.63, 3.8) is 0 Å². The van der Waals surface area contributed by atoms with Gasteiger partial charge < -0.3 is 13.9 Å². The molecule has 32 heavy (non-hydrogen) atoms. The number of benzene rings is 1. The summed E-state index contributed by atoms with van der Waals surface area (Å²) >= 11 is 0. The van der Waals surface area contributed by atoms with Crippen LogP contribution in [0.2, 0.25) is 0 Å². The Balaban J connectivity index is 1.17. The SMILES string of the molecule is O=c1cc(CCCC2CC2)c2c(=O)[nH]c(OC3CC(COCc4ccccc4)C3)nc2o1. The molecule has 2 aliphatic rings. The summed E-state index contributed by atoms with van der Waals surface area (Å²) < 4.78 is 16.9.